The minimum Gasteiger partial charge on any atom is -0.340 e. The molecule has 4 nitrogen and oxygen atoms in total. The maximum Gasteiger partial charge on any atom is 0.134 e. The summed E-state index contributed by atoms with van der Waals surface area (Å²) < 4.78 is 0. The Kier molecular flexibility index (Phi) is 6.55. The van der Waals surface area contributed by atoms with Gasteiger partial charge >= 0.3 is 0 Å². The second kappa shape index (κ2) is 10.7. The lowest BCUT2D eigenvalue weighted by Crippen LogP contribution is -2.30. The van der Waals surface area contributed by atoms with E-state index in [-0.39, 0.29) is 16.9 Å². The van der Waals surface area contributed by atoms with E-state index in [1.807, 2.05) is 24.7 Å². The number of benzene rings is 4. The summed E-state index contributed by atoms with van der Waals surface area (Å²) in [5.41, 5.74) is 16.6. The van der Waals surface area contributed by atoms with Gasteiger partial charge in [0.2, 0.25) is 0 Å². The smallest absolute Gasteiger partial charge is 0.134 e. The van der Waals surface area contributed by atoms with Gasteiger partial charge in [-0.1, -0.05) is 96.1 Å². The number of hydrogen-bond acceptors (Lipinski definition) is 4. The van der Waals surface area contributed by atoms with Gasteiger partial charge in [-0.15, -0.1) is 0 Å². The molecule has 0 spiro atoms. The highest BCUT2D eigenvalue weighted by molar-refractivity contribution is 6.16. The molecule has 0 bridgehead atoms. The van der Waals surface area contributed by atoms with Gasteiger partial charge in [0.15, 0.2) is 0 Å². The van der Waals surface area contributed by atoms with E-state index < -0.39 is 0 Å². The number of rotatable bonds is 4. The number of dihydropyridines is 1. The van der Waals surface area contributed by atoms with E-state index >= 15 is 0 Å². The van der Waals surface area contributed by atoms with Gasteiger partial charge in [0.25, 0.3) is 0 Å². The third-order valence-electron chi connectivity index (χ3n) is 11.5. The van der Waals surface area contributed by atoms with E-state index in [4.69, 9.17) is 4.99 Å². The van der Waals surface area contributed by atoms with Crippen LogP contribution in [0.3, 0.4) is 0 Å². The van der Waals surface area contributed by atoms with Gasteiger partial charge in [-0.05, 0) is 109 Å². The molecule has 4 heteroatoms. The van der Waals surface area contributed by atoms with Gasteiger partial charge in [0.1, 0.15) is 5.84 Å². The molecular weight excluding hydrogens is 597 g/mol. The predicted molar refractivity (Wildman–Crippen MR) is 204 cm³/mol. The van der Waals surface area contributed by atoms with Crippen LogP contribution in [-0.4, -0.2) is 23.6 Å². The van der Waals surface area contributed by atoms with Crippen LogP contribution in [-0.2, 0) is 10.8 Å². The Hall–Kier alpha value is -5.09. The number of aliphatic imine (C=N–C) groups is 2. The zero-order valence-corrected chi connectivity index (χ0v) is 29.2. The SMILES string of the molecule is CC(C)c1ccc2c(c1)C(C)(C)c1cc3c(cc1-2)C(C)(C)c1cc(C2=NC(c4cccnc4)C=C(C4=CCCN=C4)N2)c2ccccc2c1-3. The van der Waals surface area contributed by atoms with Gasteiger partial charge in [-0.3, -0.25) is 15.0 Å². The molecule has 0 saturated carbocycles. The molecule has 0 amide bonds. The van der Waals surface area contributed by atoms with Crippen LogP contribution in [0.15, 0.2) is 119 Å². The maximum absolute atomic E-state index is 5.37. The second-order valence-electron chi connectivity index (χ2n) is 15.4. The summed E-state index contributed by atoms with van der Waals surface area (Å²) in [6.07, 6.45) is 11.2. The van der Waals surface area contributed by atoms with Crippen LogP contribution in [0.1, 0.15) is 98.9 Å². The average molecular weight is 639 g/mol. The molecule has 0 fully saturated rings. The first kappa shape index (κ1) is 30.0. The van der Waals surface area contributed by atoms with Crippen molar-refractivity contribution < 1.29 is 0 Å². The van der Waals surface area contributed by atoms with Crippen LogP contribution in [0.25, 0.3) is 33.0 Å². The summed E-state index contributed by atoms with van der Waals surface area (Å²) >= 11 is 0. The number of allylic oxidation sites excluding steroid dienone is 1. The third kappa shape index (κ3) is 4.46. The molecule has 1 atom stereocenters. The van der Waals surface area contributed by atoms with Crippen LogP contribution in [0.2, 0.25) is 0 Å². The zero-order valence-electron chi connectivity index (χ0n) is 29.2. The van der Waals surface area contributed by atoms with Gasteiger partial charge in [-0.25, -0.2) is 0 Å². The molecule has 4 aromatic carbocycles. The lowest BCUT2D eigenvalue weighted by molar-refractivity contribution is 0.651. The standard InChI is InChI=1S/C45H42N4/c1-26(2)27-15-16-31-33-20-38-35(22-37(33)44(3,4)36(31)19-27)42-32-14-8-7-13-30(32)34(21-39(42)45(38,5)6)43-48-40(28-11-9-17-46-24-28)23-41(49-43)29-12-10-18-47-25-29/h7-9,11-17,19-26,40H,10,18H2,1-6H3,(H,48,49). The first-order chi connectivity index (χ1) is 23.6. The quantitative estimate of drug-likeness (QED) is 0.213. The van der Waals surface area contributed by atoms with Crippen LogP contribution in [0, 0.1) is 0 Å². The largest absolute Gasteiger partial charge is 0.340 e. The lowest BCUT2D eigenvalue weighted by atomic mass is 9.79. The van der Waals surface area contributed by atoms with Gasteiger partial charge < -0.3 is 5.32 Å². The molecule has 49 heavy (non-hydrogen) atoms. The molecule has 1 aromatic heterocycles. The monoisotopic (exact) mass is 638 g/mol. The highest BCUT2D eigenvalue weighted by Gasteiger charge is 2.43. The predicted octanol–water partition coefficient (Wildman–Crippen LogP) is 10.3. The van der Waals surface area contributed by atoms with Crippen molar-refractivity contribution in [2.45, 2.75) is 70.8 Å². The fourth-order valence-corrected chi connectivity index (χ4v) is 8.63. The van der Waals surface area contributed by atoms with E-state index in [2.05, 4.69) is 136 Å². The van der Waals surface area contributed by atoms with Crippen LogP contribution in [0.4, 0.5) is 0 Å². The molecule has 2 aliphatic carbocycles. The van der Waals surface area contributed by atoms with Crippen molar-refractivity contribution in [3.8, 4) is 22.3 Å². The number of aromatic nitrogens is 1. The number of fused-ring (bicyclic) bond motifs is 8. The Morgan fingerprint density at radius 1 is 0.755 bits per heavy atom. The normalized spacial score (nSPS) is 19.4. The highest BCUT2D eigenvalue weighted by atomic mass is 15.0. The molecule has 0 radical (unpaired) electrons. The first-order valence-electron chi connectivity index (χ1n) is 17.7. The Morgan fingerprint density at radius 2 is 1.49 bits per heavy atom. The van der Waals surface area contributed by atoms with Crippen molar-refractivity contribution in [3.63, 3.8) is 0 Å². The summed E-state index contributed by atoms with van der Waals surface area (Å²) in [4.78, 5) is 14.4. The van der Waals surface area contributed by atoms with Crippen molar-refractivity contribution in [1.29, 1.82) is 0 Å². The number of hydrogen-bond donors (Lipinski definition) is 1. The van der Waals surface area contributed by atoms with E-state index in [9.17, 15) is 0 Å². The summed E-state index contributed by atoms with van der Waals surface area (Å²) in [7, 11) is 0. The van der Waals surface area contributed by atoms with Gasteiger partial charge in [-0.2, -0.15) is 0 Å². The van der Waals surface area contributed by atoms with Crippen LogP contribution < -0.4 is 5.32 Å². The maximum atomic E-state index is 5.37. The molecule has 3 heterocycles. The third-order valence-corrected chi connectivity index (χ3v) is 11.5. The van der Waals surface area contributed by atoms with Crippen molar-refractivity contribution in [1.82, 2.24) is 10.3 Å². The molecule has 1 N–H and O–H groups in total. The summed E-state index contributed by atoms with van der Waals surface area (Å²) in [6.45, 7) is 15.0. The molecule has 0 saturated heterocycles. The van der Waals surface area contributed by atoms with Crippen LogP contribution >= 0.6 is 0 Å². The summed E-state index contributed by atoms with van der Waals surface area (Å²) in [5.74, 6) is 1.39. The number of nitrogens with one attached hydrogen (secondary N) is 1. The van der Waals surface area contributed by atoms with Crippen molar-refractivity contribution in [3.05, 3.63) is 148 Å². The molecule has 2 aliphatic heterocycles. The molecule has 4 aliphatic rings. The molecular formula is C45H42N4. The minimum absolute atomic E-state index is 0.0743. The summed E-state index contributed by atoms with van der Waals surface area (Å²) in [6, 6.07) is 27.5. The first-order valence-corrected chi connectivity index (χ1v) is 17.7. The fourth-order valence-electron chi connectivity index (χ4n) is 8.63. The summed E-state index contributed by atoms with van der Waals surface area (Å²) in [5, 5.41) is 6.25. The van der Waals surface area contributed by atoms with Crippen molar-refractivity contribution in [2.24, 2.45) is 9.98 Å². The Balaban J connectivity index is 1.23. The molecule has 242 valence electrons. The minimum atomic E-state index is -0.196. The van der Waals surface area contributed by atoms with Gasteiger partial charge in [0.05, 0.1) is 6.04 Å². The topological polar surface area (TPSA) is 49.6 Å². The molecule has 1 unspecified atom stereocenters. The number of nitrogens with zero attached hydrogens (tertiary/aromatic N) is 3. The van der Waals surface area contributed by atoms with Crippen molar-refractivity contribution in [2.75, 3.05) is 6.54 Å². The lowest BCUT2D eigenvalue weighted by Gasteiger charge is -2.27. The van der Waals surface area contributed by atoms with Crippen molar-refractivity contribution >= 4 is 22.8 Å². The second-order valence-corrected chi connectivity index (χ2v) is 15.4. The Labute approximate surface area is 289 Å². The zero-order chi connectivity index (χ0) is 33.7. The fraction of sp³-hybridized carbons (Fsp3) is 0.267. The molecule has 5 aromatic rings. The van der Waals surface area contributed by atoms with Crippen LogP contribution in [0.5, 0.6) is 0 Å². The average Bonchev–Trinajstić information content (AvgIpc) is 3.49. The molecule has 9 rings (SSSR count). The van der Waals surface area contributed by atoms with E-state index in [1.54, 1.807) is 0 Å². The Bertz CT molecular complexity index is 2330. The number of pyridine rings is 1. The Morgan fingerprint density at radius 3 is 2.24 bits per heavy atom. The van der Waals surface area contributed by atoms with E-state index in [1.165, 1.54) is 60.8 Å². The van der Waals surface area contributed by atoms with Gasteiger partial charge in [0, 0.05) is 52.8 Å². The highest BCUT2D eigenvalue weighted by Crippen LogP contribution is 2.58. The number of amidine groups is 1. The van der Waals surface area contributed by atoms with E-state index in [0.29, 0.717) is 5.92 Å². The van der Waals surface area contributed by atoms with E-state index in [0.717, 1.165) is 41.2 Å².